The van der Waals surface area contributed by atoms with Crippen molar-refractivity contribution in [2.24, 2.45) is 11.8 Å². The van der Waals surface area contributed by atoms with E-state index in [9.17, 15) is 14.4 Å². The SMILES string of the molecule is CC(C)C1CCCN(C(=O)NCC(=O)NCC(=O)O)CC1. The highest BCUT2D eigenvalue weighted by atomic mass is 16.4. The first-order chi connectivity index (χ1) is 9.90. The van der Waals surface area contributed by atoms with Gasteiger partial charge in [-0.25, -0.2) is 4.79 Å². The molecule has 1 aliphatic heterocycles. The molecule has 3 amide bonds. The molecule has 7 heteroatoms. The van der Waals surface area contributed by atoms with Gasteiger partial charge in [0.25, 0.3) is 0 Å². The summed E-state index contributed by atoms with van der Waals surface area (Å²) in [5, 5.41) is 13.2. The topological polar surface area (TPSA) is 98.7 Å². The maximum absolute atomic E-state index is 12.0. The number of rotatable bonds is 5. The van der Waals surface area contributed by atoms with Crippen molar-refractivity contribution < 1.29 is 19.5 Å². The van der Waals surface area contributed by atoms with Crippen molar-refractivity contribution in [3.8, 4) is 0 Å². The summed E-state index contributed by atoms with van der Waals surface area (Å²) in [6.07, 6.45) is 3.08. The molecule has 0 radical (unpaired) electrons. The Labute approximate surface area is 125 Å². The number of carbonyl (C=O) groups excluding carboxylic acids is 2. The Morgan fingerprint density at radius 1 is 1.14 bits per heavy atom. The average Bonchev–Trinajstić information content (AvgIpc) is 2.68. The lowest BCUT2D eigenvalue weighted by Crippen LogP contribution is -2.45. The zero-order valence-electron chi connectivity index (χ0n) is 12.7. The third-order valence-electron chi connectivity index (χ3n) is 3.84. The normalized spacial score (nSPS) is 19.0. The number of urea groups is 1. The van der Waals surface area contributed by atoms with Gasteiger partial charge in [-0.3, -0.25) is 9.59 Å². The smallest absolute Gasteiger partial charge is 0.322 e. The summed E-state index contributed by atoms with van der Waals surface area (Å²) >= 11 is 0. The van der Waals surface area contributed by atoms with Crippen LogP contribution in [0.1, 0.15) is 33.1 Å². The first kappa shape index (κ1) is 17.3. The van der Waals surface area contributed by atoms with Crippen molar-refractivity contribution in [2.45, 2.75) is 33.1 Å². The molecule has 1 rings (SSSR count). The highest BCUT2D eigenvalue weighted by Crippen LogP contribution is 2.24. The number of nitrogens with one attached hydrogen (secondary N) is 2. The van der Waals surface area contributed by atoms with Crippen LogP contribution in [-0.2, 0) is 9.59 Å². The number of aliphatic carboxylic acids is 1. The molecule has 0 bridgehead atoms. The Bertz CT molecular complexity index is 384. The highest BCUT2D eigenvalue weighted by Gasteiger charge is 2.22. The van der Waals surface area contributed by atoms with Gasteiger partial charge in [0.1, 0.15) is 6.54 Å². The van der Waals surface area contributed by atoms with E-state index in [0.717, 1.165) is 19.3 Å². The van der Waals surface area contributed by atoms with Crippen molar-refractivity contribution in [3.05, 3.63) is 0 Å². The Kier molecular flexibility index (Phi) is 6.98. The Morgan fingerprint density at radius 2 is 1.86 bits per heavy atom. The van der Waals surface area contributed by atoms with Gasteiger partial charge in [-0.2, -0.15) is 0 Å². The number of hydrogen-bond acceptors (Lipinski definition) is 3. The van der Waals surface area contributed by atoms with Crippen LogP contribution in [0.3, 0.4) is 0 Å². The molecule has 1 atom stereocenters. The molecule has 0 spiro atoms. The van der Waals surface area contributed by atoms with Gasteiger partial charge in [-0.15, -0.1) is 0 Å². The average molecular weight is 299 g/mol. The molecule has 0 aromatic heterocycles. The van der Waals surface area contributed by atoms with Crippen LogP contribution in [0, 0.1) is 11.8 Å². The van der Waals surface area contributed by atoms with Crippen LogP contribution in [0.5, 0.6) is 0 Å². The van der Waals surface area contributed by atoms with Gasteiger partial charge >= 0.3 is 12.0 Å². The zero-order valence-corrected chi connectivity index (χ0v) is 12.7. The van der Waals surface area contributed by atoms with E-state index < -0.39 is 18.4 Å². The molecule has 0 saturated carbocycles. The van der Waals surface area contributed by atoms with Crippen LogP contribution in [0.2, 0.25) is 0 Å². The van der Waals surface area contributed by atoms with E-state index in [1.807, 2.05) is 0 Å². The van der Waals surface area contributed by atoms with Crippen LogP contribution in [0.25, 0.3) is 0 Å². The maximum atomic E-state index is 12.0. The van der Waals surface area contributed by atoms with Crippen LogP contribution in [0.15, 0.2) is 0 Å². The molecule has 0 aromatic rings. The molecule has 1 saturated heterocycles. The molecular formula is C14H25N3O4. The van der Waals surface area contributed by atoms with E-state index >= 15 is 0 Å². The van der Waals surface area contributed by atoms with Gasteiger partial charge in [0.05, 0.1) is 6.54 Å². The van der Waals surface area contributed by atoms with Crippen molar-refractivity contribution >= 4 is 17.9 Å². The fraction of sp³-hybridized carbons (Fsp3) is 0.786. The number of nitrogens with zero attached hydrogens (tertiary/aromatic N) is 1. The number of amides is 3. The minimum absolute atomic E-state index is 0.198. The molecule has 21 heavy (non-hydrogen) atoms. The number of carboxylic acid groups (broad SMARTS) is 1. The van der Waals surface area contributed by atoms with Crippen molar-refractivity contribution in [2.75, 3.05) is 26.2 Å². The van der Waals surface area contributed by atoms with Gasteiger partial charge in [-0.1, -0.05) is 13.8 Å². The van der Waals surface area contributed by atoms with Crippen molar-refractivity contribution in [3.63, 3.8) is 0 Å². The number of carboxylic acids is 1. The molecule has 3 N–H and O–H groups in total. The third kappa shape index (κ3) is 6.46. The maximum Gasteiger partial charge on any atom is 0.322 e. The van der Waals surface area contributed by atoms with E-state index in [4.69, 9.17) is 5.11 Å². The quantitative estimate of drug-likeness (QED) is 0.694. The zero-order chi connectivity index (χ0) is 15.8. The Hall–Kier alpha value is -1.79. The second kappa shape index (κ2) is 8.49. The lowest BCUT2D eigenvalue weighted by Gasteiger charge is -2.21. The fourth-order valence-corrected chi connectivity index (χ4v) is 2.50. The van der Waals surface area contributed by atoms with Crippen LogP contribution in [-0.4, -0.2) is 54.1 Å². The summed E-state index contributed by atoms with van der Waals surface area (Å²) in [7, 11) is 0. The minimum Gasteiger partial charge on any atom is -0.480 e. The fourth-order valence-electron chi connectivity index (χ4n) is 2.50. The summed E-state index contributed by atoms with van der Waals surface area (Å²) in [4.78, 5) is 35.4. The molecule has 0 aromatic carbocycles. The van der Waals surface area contributed by atoms with Gasteiger partial charge < -0.3 is 20.6 Å². The first-order valence-corrected chi connectivity index (χ1v) is 7.41. The highest BCUT2D eigenvalue weighted by molar-refractivity contribution is 5.86. The predicted molar refractivity (Wildman–Crippen MR) is 77.8 cm³/mol. The van der Waals surface area contributed by atoms with Crippen molar-refractivity contribution in [1.29, 1.82) is 0 Å². The molecular weight excluding hydrogens is 274 g/mol. The van der Waals surface area contributed by atoms with Gasteiger partial charge in [0.2, 0.25) is 5.91 Å². The number of hydrogen-bond donors (Lipinski definition) is 3. The molecule has 7 nitrogen and oxygen atoms in total. The summed E-state index contributed by atoms with van der Waals surface area (Å²) < 4.78 is 0. The molecule has 1 aliphatic rings. The third-order valence-corrected chi connectivity index (χ3v) is 3.84. The Morgan fingerprint density at radius 3 is 2.48 bits per heavy atom. The van der Waals surface area contributed by atoms with E-state index in [1.165, 1.54) is 0 Å². The second-order valence-corrected chi connectivity index (χ2v) is 5.75. The standard InChI is InChI=1S/C14H25N3O4/c1-10(2)11-4-3-6-17(7-5-11)14(21)16-8-12(18)15-9-13(19)20/h10-11H,3-9H2,1-2H3,(H,15,18)(H,16,21)(H,19,20). The lowest BCUT2D eigenvalue weighted by atomic mass is 9.89. The number of likely N-dealkylation sites (tertiary alicyclic amines) is 1. The summed E-state index contributed by atoms with van der Waals surface area (Å²) in [5.41, 5.74) is 0. The van der Waals surface area contributed by atoms with Gasteiger partial charge in [0, 0.05) is 13.1 Å². The van der Waals surface area contributed by atoms with Gasteiger partial charge in [0.15, 0.2) is 0 Å². The molecule has 1 fully saturated rings. The monoisotopic (exact) mass is 299 g/mol. The summed E-state index contributed by atoms with van der Waals surface area (Å²) in [6, 6.07) is -0.259. The minimum atomic E-state index is -1.11. The van der Waals surface area contributed by atoms with Crippen LogP contribution < -0.4 is 10.6 Å². The summed E-state index contributed by atoms with van der Waals surface area (Å²) in [5.74, 6) is -0.348. The first-order valence-electron chi connectivity index (χ1n) is 7.41. The van der Waals surface area contributed by atoms with E-state index in [0.29, 0.717) is 24.9 Å². The van der Waals surface area contributed by atoms with Crippen LogP contribution >= 0.6 is 0 Å². The number of carbonyl (C=O) groups is 3. The molecule has 1 heterocycles. The van der Waals surface area contributed by atoms with E-state index in [1.54, 1.807) is 4.90 Å². The van der Waals surface area contributed by atoms with E-state index in [2.05, 4.69) is 24.5 Å². The molecule has 120 valence electrons. The molecule has 1 unspecified atom stereocenters. The largest absolute Gasteiger partial charge is 0.480 e. The lowest BCUT2D eigenvalue weighted by molar-refractivity contribution is -0.137. The molecule has 0 aliphatic carbocycles. The summed E-state index contributed by atoms with van der Waals surface area (Å²) in [6.45, 7) is 5.17. The predicted octanol–water partition coefficient (Wildman–Crippen LogP) is 0.655. The Balaban J connectivity index is 2.31. The van der Waals surface area contributed by atoms with Gasteiger partial charge in [-0.05, 0) is 31.1 Å². The van der Waals surface area contributed by atoms with Crippen molar-refractivity contribution in [1.82, 2.24) is 15.5 Å². The van der Waals surface area contributed by atoms with E-state index in [-0.39, 0.29) is 12.6 Å². The van der Waals surface area contributed by atoms with Crippen LogP contribution in [0.4, 0.5) is 4.79 Å². The second-order valence-electron chi connectivity index (χ2n) is 5.75.